The van der Waals surface area contributed by atoms with Crippen molar-refractivity contribution in [1.82, 2.24) is 15.1 Å². The van der Waals surface area contributed by atoms with Crippen LogP contribution in [0.1, 0.15) is 56.1 Å². The Morgan fingerprint density at radius 3 is 2.67 bits per heavy atom. The lowest BCUT2D eigenvalue weighted by molar-refractivity contribution is 0.0893. The zero-order valence-electron chi connectivity index (χ0n) is 12.6. The zero-order valence-corrected chi connectivity index (χ0v) is 12.6. The van der Waals surface area contributed by atoms with Crippen LogP contribution >= 0.6 is 0 Å². The number of rotatable bonds is 8. The molecule has 1 aromatic rings. The number of nitrogens with one attached hydrogen (secondary N) is 1. The number of hydrogen-bond acceptors (Lipinski definition) is 3. The van der Waals surface area contributed by atoms with Crippen molar-refractivity contribution in [3.8, 4) is 0 Å². The van der Waals surface area contributed by atoms with E-state index in [2.05, 4.69) is 10.4 Å². The lowest BCUT2D eigenvalue weighted by Gasteiger charge is -2.12. The van der Waals surface area contributed by atoms with E-state index in [1.54, 1.807) is 0 Å². The largest absolute Gasteiger partial charge is 0.391 e. The minimum Gasteiger partial charge on any atom is -0.391 e. The summed E-state index contributed by atoms with van der Waals surface area (Å²) in [4.78, 5) is 12.0. The molecule has 0 aliphatic carbocycles. The van der Waals surface area contributed by atoms with E-state index in [0.717, 1.165) is 12.6 Å². The summed E-state index contributed by atoms with van der Waals surface area (Å²) < 4.78 is 27.5. The molecule has 1 aromatic heterocycles. The Hall–Kier alpha value is -1.50. The van der Waals surface area contributed by atoms with Crippen LogP contribution in [-0.2, 0) is 6.54 Å². The molecule has 21 heavy (non-hydrogen) atoms. The maximum atomic E-state index is 13.2. The molecule has 2 N–H and O–H groups in total. The number of amides is 1. The average molecular weight is 303 g/mol. The molecule has 0 radical (unpaired) electrons. The third-order valence-corrected chi connectivity index (χ3v) is 2.99. The first-order valence-corrected chi connectivity index (χ1v) is 7.16. The van der Waals surface area contributed by atoms with E-state index >= 15 is 0 Å². The second-order valence-corrected chi connectivity index (χ2v) is 5.47. The zero-order chi connectivity index (χ0) is 16.0. The molecule has 0 bridgehead atoms. The smallest absolute Gasteiger partial charge is 0.280 e. The van der Waals surface area contributed by atoms with Gasteiger partial charge < -0.3 is 10.4 Å². The van der Waals surface area contributed by atoms with E-state index in [-0.39, 0.29) is 23.7 Å². The minimum absolute atomic E-state index is 0.0463. The lowest BCUT2D eigenvalue weighted by Crippen LogP contribution is -2.32. The van der Waals surface area contributed by atoms with E-state index in [0.29, 0.717) is 13.0 Å². The summed E-state index contributed by atoms with van der Waals surface area (Å²) in [5.41, 5.74) is -0.500. The molecule has 1 unspecified atom stereocenters. The summed E-state index contributed by atoms with van der Waals surface area (Å²) in [5, 5.41) is 15.9. The molecule has 0 saturated heterocycles. The Bertz CT molecular complexity index is 461. The standard InChI is InChI=1S/C14H23F2N3O2/c1-4-5-10(20)6-17-14(21)11-7-18-19(8-9(2)3)12(11)13(15)16/h7,9-10,13,20H,4-6,8H2,1-3H3,(H,17,21). The van der Waals surface area contributed by atoms with Crippen molar-refractivity contribution in [2.24, 2.45) is 5.92 Å². The highest BCUT2D eigenvalue weighted by Gasteiger charge is 2.25. The van der Waals surface area contributed by atoms with Crippen LogP contribution in [0.2, 0.25) is 0 Å². The number of carbonyl (C=O) groups is 1. The Balaban J connectivity index is 2.81. The normalized spacial score (nSPS) is 13.0. The van der Waals surface area contributed by atoms with Crippen LogP contribution in [0.4, 0.5) is 8.78 Å². The highest BCUT2D eigenvalue weighted by molar-refractivity contribution is 5.95. The quantitative estimate of drug-likeness (QED) is 0.775. The van der Waals surface area contributed by atoms with Crippen molar-refractivity contribution in [1.29, 1.82) is 0 Å². The minimum atomic E-state index is -2.77. The van der Waals surface area contributed by atoms with Crippen LogP contribution in [0, 0.1) is 5.92 Å². The number of aromatic nitrogens is 2. The van der Waals surface area contributed by atoms with E-state index in [4.69, 9.17) is 0 Å². The monoisotopic (exact) mass is 303 g/mol. The molecule has 1 heterocycles. The Morgan fingerprint density at radius 2 is 2.14 bits per heavy atom. The van der Waals surface area contributed by atoms with Crippen LogP contribution in [0.25, 0.3) is 0 Å². The predicted molar refractivity (Wildman–Crippen MR) is 75.3 cm³/mol. The summed E-state index contributed by atoms with van der Waals surface area (Å²) in [5.74, 6) is -0.486. The lowest BCUT2D eigenvalue weighted by atomic mass is 10.2. The third-order valence-electron chi connectivity index (χ3n) is 2.99. The predicted octanol–water partition coefficient (Wildman–Crippen LogP) is 2.37. The maximum absolute atomic E-state index is 13.2. The van der Waals surface area contributed by atoms with Gasteiger partial charge in [-0.2, -0.15) is 5.10 Å². The van der Waals surface area contributed by atoms with Gasteiger partial charge in [0.1, 0.15) is 5.69 Å². The molecule has 0 saturated carbocycles. The van der Waals surface area contributed by atoms with Gasteiger partial charge in [-0.05, 0) is 12.3 Å². The Kier molecular flexibility index (Phi) is 6.74. The van der Waals surface area contributed by atoms with Gasteiger partial charge in [-0.15, -0.1) is 0 Å². The van der Waals surface area contributed by atoms with Gasteiger partial charge in [0.25, 0.3) is 12.3 Å². The number of halogens is 2. The Labute approximate surface area is 123 Å². The van der Waals surface area contributed by atoms with Gasteiger partial charge in [-0.3, -0.25) is 9.48 Å². The molecular formula is C14H23F2N3O2. The molecule has 1 rings (SSSR count). The molecule has 1 atom stereocenters. The van der Waals surface area contributed by atoms with Crippen LogP contribution in [-0.4, -0.2) is 33.4 Å². The molecular weight excluding hydrogens is 280 g/mol. The highest BCUT2D eigenvalue weighted by Crippen LogP contribution is 2.23. The van der Waals surface area contributed by atoms with Crippen molar-refractivity contribution in [2.75, 3.05) is 6.54 Å². The molecule has 0 fully saturated rings. The number of alkyl halides is 2. The second kappa shape index (κ2) is 8.07. The van der Waals surface area contributed by atoms with Crippen molar-refractivity contribution in [2.45, 2.75) is 52.7 Å². The fourth-order valence-corrected chi connectivity index (χ4v) is 2.03. The summed E-state index contributed by atoms with van der Waals surface area (Å²) in [7, 11) is 0. The van der Waals surface area contributed by atoms with E-state index in [9.17, 15) is 18.7 Å². The summed E-state index contributed by atoms with van der Waals surface area (Å²) in [6.45, 7) is 6.06. The maximum Gasteiger partial charge on any atom is 0.280 e. The summed E-state index contributed by atoms with van der Waals surface area (Å²) in [6.07, 6.45) is -0.946. The van der Waals surface area contributed by atoms with E-state index in [1.807, 2.05) is 20.8 Å². The van der Waals surface area contributed by atoms with Gasteiger partial charge in [0, 0.05) is 13.1 Å². The molecule has 120 valence electrons. The molecule has 5 nitrogen and oxygen atoms in total. The van der Waals surface area contributed by atoms with Gasteiger partial charge in [0.15, 0.2) is 0 Å². The third kappa shape index (κ3) is 5.08. The number of nitrogens with zero attached hydrogens (tertiary/aromatic N) is 2. The summed E-state index contributed by atoms with van der Waals surface area (Å²) in [6, 6.07) is 0. The number of carbonyl (C=O) groups excluding carboxylic acids is 1. The first-order chi connectivity index (χ1) is 9.86. The summed E-state index contributed by atoms with van der Waals surface area (Å²) >= 11 is 0. The Morgan fingerprint density at radius 1 is 1.48 bits per heavy atom. The molecule has 0 spiro atoms. The molecule has 0 aromatic carbocycles. The van der Waals surface area contributed by atoms with E-state index < -0.39 is 18.4 Å². The first-order valence-electron chi connectivity index (χ1n) is 7.16. The highest BCUT2D eigenvalue weighted by atomic mass is 19.3. The van der Waals surface area contributed by atoms with Crippen LogP contribution in [0.3, 0.4) is 0 Å². The molecule has 1 amide bonds. The number of aliphatic hydroxyl groups excluding tert-OH is 1. The van der Waals surface area contributed by atoms with Crippen molar-refractivity contribution < 1.29 is 18.7 Å². The molecule has 0 aliphatic rings. The fraction of sp³-hybridized carbons (Fsp3) is 0.714. The number of hydrogen-bond donors (Lipinski definition) is 2. The SMILES string of the molecule is CCCC(O)CNC(=O)c1cnn(CC(C)C)c1C(F)F. The fourth-order valence-electron chi connectivity index (χ4n) is 2.03. The van der Waals surface area contributed by atoms with Crippen LogP contribution in [0.5, 0.6) is 0 Å². The topological polar surface area (TPSA) is 67.2 Å². The van der Waals surface area contributed by atoms with Gasteiger partial charge >= 0.3 is 0 Å². The van der Waals surface area contributed by atoms with Gasteiger partial charge in [0.2, 0.25) is 0 Å². The van der Waals surface area contributed by atoms with E-state index in [1.165, 1.54) is 4.68 Å². The van der Waals surface area contributed by atoms with Crippen LogP contribution in [0.15, 0.2) is 6.20 Å². The van der Waals surface area contributed by atoms with Crippen molar-refractivity contribution in [3.63, 3.8) is 0 Å². The van der Waals surface area contributed by atoms with Gasteiger partial charge in [-0.25, -0.2) is 8.78 Å². The van der Waals surface area contributed by atoms with Gasteiger partial charge in [0.05, 0.1) is 17.9 Å². The molecule has 0 aliphatic heterocycles. The van der Waals surface area contributed by atoms with Gasteiger partial charge in [-0.1, -0.05) is 27.2 Å². The first kappa shape index (κ1) is 17.6. The van der Waals surface area contributed by atoms with Crippen LogP contribution < -0.4 is 5.32 Å². The average Bonchev–Trinajstić information content (AvgIpc) is 2.79. The van der Waals surface area contributed by atoms with Crippen molar-refractivity contribution in [3.05, 3.63) is 17.5 Å². The second-order valence-electron chi connectivity index (χ2n) is 5.47. The number of aliphatic hydroxyl groups is 1. The van der Waals surface area contributed by atoms with Crippen molar-refractivity contribution >= 4 is 5.91 Å². The molecule has 7 heteroatoms.